The van der Waals surface area contributed by atoms with E-state index >= 15 is 0 Å². The van der Waals surface area contributed by atoms with Crippen LogP contribution in [0.25, 0.3) is 0 Å². The fourth-order valence-electron chi connectivity index (χ4n) is 3.98. The van der Waals surface area contributed by atoms with Crippen molar-refractivity contribution in [2.24, 2.45) is 17.8 Å². The van der Waals surface area contributed by atoms with E-state index in [1.54, 1.807) is 7.11 Å². The monoisotopic (exact) mass is 331 g/mol. The Morgan fingerprint density at radius 3 is 2.46 bits per heavy atom. The zero-order valence-electron chi connectivity index (χ0n) is 14.4. The van der Waals surface area contributed by atoms with Crippen LogP contribution in [-0.2, 0) is 9.59 Å². The highest BCUT2D eigenvalue weighted by Crippen LogP contribution is 2.53. The quantitative estimate of drug-likeness (QED) is 0.812. The molecule has 0 spiro atoms. The first-order chi connectivity index (χ1) is 11.5. The van der Waals surface area contributed by atoms with Gasteiger partial charge in [-0.05, 0) is 30.0 Å². The molecule has 1 N–H and O–H groups in total. The number of methoxy groups -OCH3 is 1. The molecule has 2 aliphatic rings. The topological polar surface area (TPSA) is 66.8 Å². The Morgan fingerprint density at radius 2 is 1.92 bits per heavy atom. The number of ether oxygens (including phenoxy) is 1. The second-order valence-corrected chi connectivity index (χ2v) is 7.27. The van der Waals surface area contributed by atoms with E-state index in [-0.39, 0.29) is 42.2 Å². The second-order valence-electron chi connectivity index (χ2n) is 7.27. The molecule has 0 bridgehead atoms. The molecular formula is C19H25NO4. The highest BCUT2D eigenvalue weighted by atomic mass is 16.5. The van der Waals surface area contributed by atoms with Crippen LogP contribution in [0.15, 0.2) is 24.3 Å². The lowest BCUT2D eigenvalue weighted by atomic mass is 9.96. The molecule has 1 aliphatic heterocycles. The van der Waals surface area contributed by atoms with Gasteiger partial charge in [0.05, 0.1) is 13.2 Å². The number of benzene rings is 1. The Balaban J connectivity index is 1.78. The van der Waals surface area contributed by atoms with Gasteiger partial charge >= 0.3 is 0 Å². The highest BCUT2D eigenvalue weighted by Gasteiger charge is 2.59. The summed E-state index contributed by atoms with van der Waals surface area (Å²) < 4.78 is 5.17. The van der Waals surface area contributed by atoms with Crippen molar-refractivity contribution < 1.29 is 19.4 Å². The molecule has 130 valence electrons. The SMILES string of the molecule is COc1ccc([C@@H]2[C@H](CO)[C@H]2N2C(=O)C[C@@H](CC(C)C)C2=O)cc1. The third-order valence-corrected chi connectivity index (χ3v) is 5.17. The lowest BCUT2D eigenvalue weighted by molar-refractivity contribution is -0.140. The molecule has 5 heteroatoms. The molecule has 1 aromatic rings. The van der Waals surface area contributed by atoms with E-state index in [4.69, 9.17) is 4.74 Å². The van der Waals surface area contributed by atoms with Gasteiger partial charge in [0.25, 0.3) is 0 Å². The van der Waals surface area contributed by atoms with E-state index in [1.165, 1.54) is 4.90 Å². The summed E-state index contributed by atoms with van der Waals surface area (Å²) in [5.41, 5.74) is 1.03. The van der Waals surface area contributed by atoms with Crippen molar-refractivity contribution in [2.45, 2.75) is 38.6 Å². The number of aliphatic hydroxyl groups excluding tert-OH is 1. The Bertz CT molecular complexity index is 625. The number of nitrogens with zero attached hydrogens (tertiary/aromatic N) is 1. The van der Waals surface area contributed by atoms with Crippen LogP contribution in [0.1, 0.15) is 38.2 Å². The lowest BCUT2D eigenvalue weighted by Crippen LogP contribution is -2.35. The number of hydrogen-bond donors (Lipinski definition) is 1. The number of amides is 2. The van der Waals surface area contributed by atoms with Crippen molar-refractivity contribution in [3.05, 3.63) is 29.8 Å². The minimum absolute atomic E-state index is 0.0200. The lowest BCUT2D eigenvalue weighted by Gasteiger charge is -2.16. The molecule has 0 unspecified atom stereocenters. The molecule has 1 heterocycles. The first kappa shape index (κ1) is 17.0. The van der Waals surface area contributed by atoms with E-state index in [0.717, 1.165) is 17.7 Å². The van der Waals surface area contributed by atoms with Gasteiger partial charge in [0.1, 0.15) is 5.75 Å². The second kappa shape index (κ2) is 6.55. The molecule has 24 heavy (non-hydrogen) atoms. The molecule has 2 fully saturated rings. The van der Waals surface area contributed by atoms with Crippen LogP contribution in [-0.4, -0.2) is 41.6 Å². The van der Waals surface area contributed by atoms with Crippen LogP contribution in [0.2, 0.25) is 0 Å². The third-order valence-electron chi connectivity index (χ3n) is 5.17. The number of carbonyl (C=O) groups excluding carboxylic acids is 2. The zero-order chi connectivity index (χ0) is 17.4. The number of imide groups is 1. The van der Waals surface area contributed by atoms with Gasteiger partial charge in [-0.1, -0.05) is 26.0 Å². The van der Waals surface area contributed by atoms with Crippen LogP contribution in [0.4, 0.5) is 0 Å². The van der Waals surface area contributed by atoms with Gasteiger partial charge < -0.3 is 9.84 Å². The van der Waals surface area contributed by atoms with Crippen molar-refractivity contribution in [1.29, 1.82) is 0 Å². The fraction of sp³-hybridized carbons (Fsp3) is 0.579. The largest absolute Gasteiger partial charge is 0.497 e. The first-order valence-electron chi connectivity index (χ1n) is 8.58. The number of likely N-dealkylation sites (tertiary alicyclic amines) is 1. The first-order valence-corrected chi connectivity index (χ1v) is 8.58. The van der Waals surface area contributed by atoms with Crippen LogP contribution in [0, 0.1) is 17.8 Å². The van der Waals surface area contributed by atoms with Gasteiger partial charge in [-0.3, -0.25) is 14.5 Å². The normalized spacial score (nSPS) is 29.5. The standard InChI is InChI=1S/C19H25NO4/c1-11(2)8-13-9-16(22)20(19(13)23)18-15(10-21)17(18)12-4-6-14(24-3)7-5-12/h4-7,11,13,15,17-18,21H,8-10H2,1-3H3/t13-,15+,17-,18-/m1/s1. The Hall–Kier alpha value is -1.88. The van der Waals surface area contributed by atoms with Gasteiger partial charge in [0.2, 0.25) is 11.8 Å². The third kappa shape index (κ3) is 2.93. The highest BCUT2D eigenvalue weighted by molar-refractivity contribution is 6.04. The van der Waals surface area contributed by atoms with Crippen LogP contribution < -0.4 is 4.74 Å². The van der Waals surface area contributed by atoms with Crippen molar-refractivity contribution in [3.63, 3.8) is 0 Å². The van der Waals surface area contributed by atoms with E-state index < -0.39 is 0 Å². The van der Waals surface area contributed by atoms with Crippen molar-refractivity contribution in [3.8, 4) is 5.75 Å². The molecule has 1 saturated heterocycles. The summed E-state index contributed by atoms with van der Waals surface area (Å²) in [6.07, 6.45) is 1.05. The maximum Gasteiger partial charge on any atom is 0.233 e. The van der Waals surface area contributed by atoms with Gasteiger partial charge in [0.15, 0.2) is 0 Å². The Kier molecular flexibility index (Phi) is 4.63. The van der Waals surface area contributed by atoms with Crippen molar-refractivity contribution in [2.75, 3.05) is 13.7 Å². The number of aliphatic hydroxyl groups is 1. The van der Waals surface area contributed by atoms with E-state index in [2.05, 4.69) is 13.8 Å². The molecule has 4 atom stereocenters. The summed E-state index contributed by atoms with van der Waals surface area (Å²) in [5, 5.41) is 9.68. The van der Waals surface area contributed by atoms with E-state index in [9.17, 15) is 14.7 Å². The van der Waals surface area contributed by atoms with Gasteiger partial charge in [0, 0.05) is 30.8 Å². The summed E-state index contributed by atoms with van der Waals surface area (Å²) in [7, 11) is 1.61. The molecule has 0 radical (unpaired) electrons. The Morgan fingerprint density at radius 1 is 1.25 bits per heavy atom. The van der Waals surface area contributed by atoms with Crippen molar-refractivity contribution in [1.82, 2.24) is 4.90 Å². The summed E-state index contributed by atoms with van der Waals surface area (Å²) in [4.78, 5) is 26.5. The van der Waals surface area contributed by atoms with E-state index in [1.807, 2.05) is 24.3 Å². The molecule has 5 nitrogen and oxygen atoms in total. The Labute approximate surface area is 142 Å². The fourth-order valence-corrected chi connectivity index (χ4v) is 3.98. The maximum atomic E-state index is 12.7. The molecule has 3 rings (SSSR count). The summed E-state index contributed by atoms with van der Waals surface area (Å²) in [6, 6.07) is 7.43. The van der Waals surface area contributed by atoms with Gasteiger partial charge in [-0.25, -0.2) is 0 Å². The van der Waals surface area contributed by atoms with Crippen LogP contribution >= 0.6 is 0 Å². The maximum absolute atomic E-state index is 12.7. The molecule has 1 saturated carbocycles. The van der Waals surface area contributed by atoms with Crippen LogP contribution in [0.5, 0.6) is 5.75 Å². The molecule has 0 aromatic heterocycles. The minimum atomic E-state index is -0.208. The van der Waals surface area contributed by atoms with Crippen LogP contribution in [0.3, 0.4) is 0 Å². The van der Waals surface area contributed by atoms with Gasteiger partial charge in [-0.15, -0.1) is 0 Å². The number of carbonyl (C=O) groups is 2. The summed E-state index contributed by atoms with van der Waals surface area (Å²) in [6.45, 7) is 4.11. The molecular weight excluding hydrogens is 306 g/mol. The zero-order valence-corrected chi connectivity index (χ0v) is 14.4. The minimum Gasteiger partial charge on any atom is -0.497 e. The molecule has 1 aromatic carbocycles. The number of rotatable bonds is 6. The van der Waals surface area contributed by atoms with E-state index in [0.29, 0.717) is 12.3 Å². The van der Waals surface area contributed by atoms with Crippen molar-refractivity contribution >= 4 is 11.8 Å². The predicted octanol–water partition coefficient (Wildman–Crippen LogP) is 2.19. The predicted molar refractivity (Wildman–Crippen MR) is 89.5 cm³/mol. The summed E-state index contributed by atoms with van der Waals surface area (Å²) >= 11 is 0. The average molecular weight is 331 g/mol. The molecule has 2 amide bonds. The summed E-state index contributed by atoms with van der Waals surface area (Å²) in [5.74, 6) is 0.752. The van der Waals surface area contributed by atoms with Gasteiger partial charge in [-0.2, -0.15) is 0 Å². The average Bonchev–Trinajstić information content (AvgIpc) is 3.20. The molecule has 1 aliphatic carbocycles. The number of hydrogen-bond acceptors (Lipinski definition) is 4. The smallest absolute Gasteiger partial charge is 0.233 e.